The number of carbonyl (C=O) groups is 1. The van der Waals surface area contributed by atoms with E-state index in [0.29, 0.717) is 29.6 Å². The molecular weight excluding hydrogens is 424 g/mol. The molecule has 1 aromatic carbocycles. The van der Waals surface area contributed by atoms with Crippen LogP contribution >= 0.6 is 15.9 Å². The van der Waals surface area contributed by atoms with Gasteiger partial charge in [0.1, 0.15) is 0 Å². The van der Waals surface area contributed by atoms with Crippen LogP contribution in [0.2, 0.25) is 0 Å². The molecule has 4 rings (SSSR count). The maximum absolute atomic E-state index is 12.4. The number of fused-ring (bicyclic) bond motifs is 1. The number of hydrogen-bond donors (Lipinski definition) is 1. The number of carbonyl (C=O) groups excluding carboxylic acids is 1. The molecule has 0 aliphatic heterocycles. The molecule has 8 nitrogen and oxygen atoms in total. The average molecular weight is 441 g/mol. The van der Waals surface area contributed by atoms with Crippen molar-refractivity contribution in [3.8, 4) is 11.5 Å². The van der Waals surface area contributed by atoms with Crippen LogP contribution in [-0.2, 0) is 0 Å². The second-order valence-electron chi connectivity index (χ2n) is 6.49. The van der Waals surface area contributed by atoms with Crippen molar-refractivity contribution in [2.75, 3.05) is 6.54 Å². The lowest BCUT2D eigenvalue weighted by Gasteiger charge is -2.07. The second-order valence-corrected chi connectivity index (χ2v) is 7.40. The first-order chi connectivity index (χ1) is 13.5. The molecule has 1 unspecified atom stereocenters. The summed E-state index contributed by atoms with van der Waals surface area (Å²) < 4.78 is 7.73. The molecule has 0 fully saturated rings. The van der Waals surface area contributed by atoms with Crippen LogP contribution in [0.25, 0.3) is 17.1 Å². The molecule has 0 aliphatic carbocycles. The summed E-state index contributed by atoms with van der Waals surface area (Å²) in [4.78, 5) is 21.1. The van der Waals surface area contributed by atoms with E-state index >= 15 is 0 Å². The fourth-order valence-electron chi connectivity index (χ4n) is 2.75. The zero-order valence-corrected chi connectivity index (χ0v) is 16.8. The third kappa shape index (κ3) is 3.65. The summed E-state index contributed by atoms with van der Waals surface area (Å²) in [6.07, 6.45) is 3.40. The molecule has 0 aliphatic rings. The van der Waals surface area contributed by atoms with Crippen molar-refractivity contribution in [3.05, 3.63) is 64.3 Å². The van der Waals surface area contributed by atoms with Crippen LogP contribution in [0, 0.1) is 6.92 Å². The fraction of sp³-hybridized carbons (Fsp3) is 0.211. The molecule has 0 saturated heterocycles. The maximum atomic E-state index is 12.4. The first-order valence-corrected chi connectivity index (χ1v) is 9.49. The van der Waals surface area contributed by atoms with Gasteiger partial charge in [0.15, 0.2) is 17.2 Å². The zero-order chi connectivity index (χ0) is 19.7. The van der Waals surface area contributed by atoms with Gasteiger partial charge in [0.05, 0.1) is 4.47 Å². The van der Waals surface area contributed by atoms with Crippen molar-refractivity contribution < 1.29 is 9.32 Å². The standard InChI is InChI=1S/C19H17BrN6O2/c1-11-5-3-4-6-14(11)19-23-17(25-28-19)12(2)8-22-18(27)15-7-16-21-9-13(20)10-26(16)24-15/h3-7,9-10,12H,8H2,1-2H3,(H,22,27). The van der Waals surface area contributed by atoms with Crippen LogP contribution in [0.1, 0.15) is 34.7 Å². The summed E-state index contributed by atoms with van der Waals surface area (Å²) in [7, 11) is 0. The number of nitrogens with zero attached hydrogens (tertiary/aromatic N) is 5. The van der Waals surface area contributed by atoms with Gasteiger partial charge in [0.2, 0.25) is 0 Å². The molecule has 1 atom stereocenters. The Bertz CT molecular complexity index is 1150. The summed E-state index contributed by atoms with van der Waals surface area (Å²) in [5, 5.41) is 11.2. The third-order valence-corrected chi connectivity index (χ3v) is 4.75. The highest BCUT2D eigenvalue weighted by Crippen LogP contribution is 2.23. The van der Waals surface area contributed by atoms with Crippen molar-refractivity contribution in [2.24, 2.45) is 0 Å². The Hall–Kier alpha value is -3.07. The van der Waals surface area contributed by atoms with Crippen molar-refractivity contribution >= 4 is 27.5 Å². The second kappa shape index (κ2) is 7.51. The van der Waals surface area contributed by atoms with Crippen molar-refractivity contribution in [2.45, 2.75) is 19.8 Å². The van der Waals surface area contributed by atoms with E-state index in [2.05, 4.69) is 41.5 Å². The molecule has 1 amide bonds. The molecule has 0 bridgehead atoms. The molecule has 0 spiro atoms. The van der Waals surface area contributed by atoms with Crippen LogP contribution in [0.5, 0.6) is 0 Å². The van der Waals surface area contributed by atoms with Gasteiger partial charge in [-0.1, -0.05) is 30.3 Å². The van der Waals surface area contributed by atoms with E-state index in [1.54, 1.807) is 23.0 Å². The highest BCUT2D eigenvalue weighted by molar-refractivity contribution is 9.10. The molecule has 3 aromatic heterocycles. The molecule has 28 heavy (non-hydrogen) atoms. The van der Waals surface area contributed by atoms with Gasteiger partial charge in [-0.05, 0) is 34.5 Å². The number of aromatic nitrogens is 5. The molecule has 9 heteroatoms. The lowest BCUT2D eigenvalue weighted by Crippen LogP contribution is -2.28. The van der Waals surface area contributed by atoms with Crippen LogP contribution in [0.4, 0.5) is 0 Å². The van der Waals surface area contributed by atoms with E-state index in [1.807, 2.05) is 38.1 Å². The Labute approximate surface area is 169 Å². The summed E-state index contributed by atoms with van der Waals surface area (Å²) in [5.74, 6) is 0.619. The first-order valence-electron chi connectivity index (χ1n) is 8.70. The van der Waals surface area contributed by atoms with Gasteiger partial charge >= 0.3 is 0 Å². The third-order valence-electron chi connectivity index (χ3n) is 4.34. The predicted molar refractivity (Wildman–Crippen MR) is 106 cm³/mol. The van der Waals surface area contributed by atoms with Crippen LogP contribution in [-0.4, -0.2) is 37.2 Å². The topological polar surface area (TPSA) is 98.2 Å². The SMILES string of the molecule is Cc1ccccc1-c1nc(C(C)CNC(=O)c2cc3ncc(Br)cn3n2)no1. The van der Waals surface area contributed by atoms with E-state index in [0.717, 1.165) is 15.6 Å². The van der Waals surface area contributed by atoms with Gasteiger partial charge in [0.25, 0.3) is 11.8 Å². The molecule has 4 aromatic rings. The summed E-state index contributed by atoms with van der Waals surface area (Å²) in [5.41, 5.74) is 2.86. The van der Waals surface area contributed by atoms with Crippen LogP contribution in [0.15, 0.2) is 51.7 Å². The van der Waals surface area contributed by atoms with E-state index < -0.39 is 0 Å². The minimum absolute atomic E-state index is 0.116. The Morgan fingerprint density at radius 1 is 1.36 bits per heavy atom. The number of nitrogens with one attached hydrogen (secondary N) is 1. The highest BCUT2D eigenvalue weighted by Gasteiger charge is 2.18. The van der Waals surface area contributed by atoms with E-state index in [9.17, 15) is 4.79 Å². The molecule has 142 valence electrons. The largest absolute Gasteiger partial charge is 0.350 e. The lowest BCUT2D eigenvalue weighted by atomic mass is 10.1. The Balaban J connectivity index is 1.43. The fourth-order valence-corrected chi connectivity index (χ4v) is 3.05. The minimum atomic E-state index is -0.281. The number of benzene rings is 1. The monoisotopic (exact) mass is 440 g/mol. The van der Waals surface area contributed by atoms with Gasteiger partial charge in [-0.2, -0.15) is 10.1 Å². The number of aryl methyl sites for hydroxylation is 1. The number of halogens is 1. The van der Waals surface area contributed by atoms with Crippen molar-refractivity contribution in [1.29, 1.82) is 0 Å². The first kappa shape index (κ1) is 18.3. The molecule has 0 saturated carbocycles. The number of rotatable bonds is 5. The predicted octanol–water partition coefficient (Wildman–Crippen LogP) is 3.38. The minimum Gasteiger partial charge on any atom is -0.350 e. The summed E-state index contributed by atoms with van der Waals surface area (Å²) in [6, 6.07) is 9.46. The van der Waals surface area contributed by atoms with E-state index in [4.69, 9.17) is 4.52 Å². The van der Waals surface area contributed by atoms with Crippen LogP contribution < -0.4 is 5.32 Å². The van der Waals surface area contributed by atoms with Crippen LogP contribution in [0.3, 0.4) is 0 Å². The summed E-state index contributed by atoms with van der Waals surface area (Å²) >= 11 is 3.33. The summed E-state index contributed by atoms with van der Waals surface area (Å²) in [6.45, 7) is 4.27. The maximum Gasteiger partial charge on any atom is 0.271 e. The zero-order valence-electron chi connectivity index (χ0n) is 15.3. The van der Waals surface area contributed by atoms with Gasteiger partial charge in [-0.3, -0.25) is 4.79 Å². The molecule has 1 N–H and O–H groups in total. The Kier molecular flexibility index (Phi) is 4.91. The average Bonchev–Trinajstić information content (AvgIpc) is 3.33. The number of amides is 1. The Morgan fingerprint density at radius 2 is 2.18 bits per heavy atom. The molecule has 3 heterocycles. The molecular formula is C19H17BrN6O2. The van der Waals surface area contributed by atoms with Gasteiger partial charge in [0, 0.05) is 36.5 Å². The highest BCUT2D eigenvalue weighted by atomic mass is 79.9. The quantitative estimate of drug-likeness (QED) is 0.510. The number of hydrogen-bond acceptors (Lipinski definition) is 6. The van der Waals surface area contributed by atoms with Gasteiger partial charge in [-0.15, -0.1) is 0 Å². The molecule has 0 radical (unpaired) electrons. The lowest BCUT2D eigenvalue weighted by molar-refractivity contribution is 0.0946. The van der Waals surface area contributed by atoms with E-state index in [-0.39, 0.29) is 11.8 Å². The Morgan fingerprint density at radius 3 is 3.00 bits per heavy atom. The van der Waals surface area contributed by atoms with E-state index in [1.165, 1.54) is 0 Å². The smallest absolute Gasteiger partial charge is 0.271 e. The van der Waals surface area contributed by atoms with Crippen molar-refractivity contribution in [3.63, 3.8) is 0 Å². The van der Waals surface area contributed by atoms with Gasteiger partial charge < -0.3 is 9.84 Å². The van der Waals surface area contributed by atoms with Gasteiger partial charge in [-0.25, -0.2) is 9.50 Å². The normalized spacial score (nSPS) is 12.2. The van der Waals surface area contributed by atoms with Crippen molar-refractivity contribution in [1.82, 2.24) is 30.1 Å².